The molecule has 0 atom stereocenters. The van der Waals surface area contributed by atoms with E-state index in [9.17, 15) is 4.79 Å². The Hall–Kier alpha value is -1.08. The summed E-state index contributed by atoms with van der Waals surface area (Å²) in [5.74, 6) is 0. The molecule has 1 rings (SSSR count). The van der Waals surface area contributed by atoms with Crippen LogP contribution in [0, 0.1) is 0 Å². The monoisotopic (exact) mass is 347 g/mol. The van der Waals surface area contributed by atoms with Crippen LogP contribution in [0.3, 0.4) is 0 Å². The lowest BCUT2D eigenvalue weighted by atomic mass is 10.2. The summed E-state index contributed by atoms with van der Waals surface area (Å²) in [5.41, 5.74) is 0.359. The van der Waals surface area contributed by atoms with Crippen LogP contribution in [-0.4, -0.2) is 46.6 Å². The first kappa shape index (κ1) is 17.0. The fraction of sp³-hybridized carbons (Fsp3) is 0.692. The van der Waals surface area contributed by atoms with Gasteiger partial charge in [-0.2, -0.15) is 5.10 Å². The molecule has 6 nitrogen and oxygen atoms in total. The van der Waals surface area contributed by atoms with E-state index in [0.717, 1.165) is 10.2 Å². The second-order valence-electron chi connectivity index (χ2n) is 5.55. The van der Waals surface area contributed by atoms with Crippen LogP contribution in [-0.2, 0) is 23.1 Å². The van der Waals surface area contributed by atoms with Gasteiger partial charge in [0, 0.05) is 26.8 Å². The molecule has 0 unspecified atom stereocenters. The van der Waals surface area contributed by atoms with Crippen LogP contribution in [0.5, 0.6) is 0 Å². The minimum Gasteiger partial charge on any atom is -0.444 e. The van der Waals surface area contributed by atoms with E-state index < -0.39 is 5.60 Å². The van der Waals surface area contributed by atoms with Gasteiger partial charge in [-0.3, -0.25) is 4.68 Å². The number of carbonyl (C=O) groups excluding carboxylic acids is 1. The van der Waals surface area contributed by atoms with E-state index in [1.807, 2.05) is 34.0 Å². The number of rotatable bonds is 5. The maximum Gasteiger partial charge on any atom is 0.410 e. The van der Waals surface area contributed by atoms with Gasteiger partial charge >= 0.3 is 6.09 Å². The van der Waals surface area contributed by atoms with Crippen molar-refractivity contribution in [3.63, 3.8) is 0 Å². The Bertz CT molecular complexity index is 454. The zero-order valence-corrected chi connectivity index (χ0v) is 14.2. The van der Waals surface area contributed by atoms with Crippen molar-refractivity contribution >= 4 is 22.0 Å². The summed E-state index contributed by atoms with van der Waals surface area (Å²) in [4.78, 5) is 13.2. The van der Waals surface area contributed by atoms with Gasteiger partial charge in [0.15, 0.2) is 0 Å². The minimum absolute atomic E-state index is 0.347. The first-order valence-corrected chi connectivity index (χ1v) is 7.18. The van der Waals surface area contributed by atoms with Crippen LogP contribution in [0.4, 0.5) is 4.79 Å². The molecule has 0 aromatic carbocycles. The molecule has 0 saturated heterocycles. The Balaban J connectivity index is 2.27. The van der Waals surface area contributed by atoms with Crippen LogP contribution in [0.15, 0.2) is 10.7 Å². The van der Waals surface area contributed by atoms with Crippen molar-refractivity contribution in [2.45, 2.75) is 33.0 Å². The lowest BCUT2D eigenvalue weighted by Gasteiger charge is -2.24. The Morgan fingerprint density at radius 3 is 2.65 bits per heavy atom. The smallest absolute Gasteiger partial charge is 0.410 e. The number of aromatic nitrogens is 2. The Morgan fingerprint density at radius 1 is 1.50 bits per heavy atom. The summed E-state index contributed by atoms with van der Waals surface area (Å²) in [7, 11) is 3.54. The van der Waals surface area contributed by atoms with E-state index in [4.69, 9.17) is 9.47 Å². The number of amides is 1. The Labute approximate surface area is 128 Å². The molecule has 7 heteroatoms. The number of carbonyl (C=O) groups is 1. The second-order valence-corrected chi connectivity index (χ2v) is 6.41. The average Bonchev–Trinajstić information content (AvgIpc) is 2.60. The molecule has 0 radical (unpaired) electrons. The van der Waals surface area contributed by atoms with Crippen molar-refractivity contribution in [3.8, 4) is 0 Å². The van der Waals surface area contributed by atoms with Crippen LogP contribution >= 0.6 is 15.9 Å². The summed E-state index contributed by atoms with van der Waals surface area (Å²) in [6, 6.07) is 0. The van der Waals surface area contributed by atoms with Crippen molar-refractivity contribution < 1.29 is 14.3 Å². The standard InChI is InChI=1S/C13H22BrN3O3/c1-13(2,3)20-12(18)16(4)6-7-19-9-11-10(14)8-17(5)15-11/h8H,6-7,9H2,1-5H3. The number of nitrogens with zero attached hydrogens (tertiary/aromatic N) is 3. The third kappa shape index (κ3) is 5.92. The average molecular weight is 348 g/mol. The molecule has 0 aliphatic rings. The van der Waals surface area contributed by atoms with E-state index in [0.29, 0.717) is 19.8 Å². The molecular weight excluding hydrogens is 326 g/mol. The molecule has 20 heavy (non-hydrogen) atoms. The lowest BCUT2D eigenvalue weighted by molar-refractivity contribution is 0.0219. The van der Waals surface area contributed by atoms with Crippen LogP contribution in [0.25, 0.3) is 0 Å². The largest absolute Gasteiger partial charge is 0.444 e. The highest BCUT2D eigenvalue weighted by atomic mass is 79.9. The zero-order chi connectivity index (χ0) is 15.3. The van der Waals surface area contributed by atoms with Crippen molar-refractivity contribution in [3.05, 3.63) is 16.4 Å². The van der Waals surface area contributed by atoms with Gasteiger partial charge in [-0.15, -0.1) is 0 Å². The van der Waals surface area contributed by atoms with Crippen molar-refractivity contribution in [1.82, 2.24) is 14.7 Å². The van der Waals surface area contributed by atoms with Gasteiger partial charge in [0.25, 0.3) is 0 Å². The molecule has 0 bridgehead atoms. The first-order valence-electron chi connectivity index (χ1n) is 6.39. The summed E-state index contributed by atoms with van der Waals surface area (Å²) < 4.78 is 13.4. The highest BCUT2D eigenvalue weighted by Gasteiger charge is 2.19. The van der Waals surface area contributed by atoms with E-state index in [-0.39, 0.29) is 6.09 Å². The first-order chi connectivity index (χ1) is 9.19. The van der Waals surface area contributed by atoms with Gasteiger partial charge in [0.2, 0.25) is 0 Å². The van der Waals surface area contributed by atoms with Gasteiger partial charge in [0.1, 0.15) is 11.3 Å². The quantitative estimate of drug-likeness (QED) is 0.768. The molecule has 1 heterocycles. The van der Waals surface area contributed by atoms with Crippen molar-refractivity contribution in [2.75, 3.05) is 20.2 Å². The molecule has 0 aliphatic carbocycles. The topological polar surface area (TPSA) is 56.6 Å². The molecule has 0 saturated carbocycles. The number of hydrogen-bond donors (Lipinski definition) is 0. The number of aryl methyl sites for hydroxylation is 1. The van der Waals surface area contributed by atoms with Gasteiger partial charge < -0.3 is 14.4 Å². The van der Waals surface area contributed by atoms with Crippen LogP contribution in [0.2, 0.25) is 0 Å². The van der Waals surface area contributed by atoms with Crippen molar-refractivity contribution in [2.24, 2.45) is 7.05 Å². The van der Waals surface area contributed by atoms with Gasteiger partial charge in [-0.25, -0.2) is 4.79 Å². The summed E-state index contributed by atoms with van der Waals surface area (Å²) in [6.07, 6.45) is 1.52. The normalized spacial score (nSPS) is 11.5. The van der Waals surface area contributed by atoms with E-state index in [2.05, 4.69) is 21.0 Å². The molecule has 0 spiro atoms. The summed E-state index contributed by atoms with van der Waals surface area (Å²) in [6.45, 7) is 6.83. The molecule has 0 aliphatic heterocycles. The molecule has 0 fully saturated rings. The predicted octanol–water partition coefficient (Wildman–Crippen LogP) is 2.57. The number of hydrogen-bond acceptors (Lipinski definition) is 4. The highest BCUT2D eigenvalue weighted by molar-refractivity contribution is 9.10. The molecule has 1 aromatic rings. The van der Waals surface area contributed by atoms with Gasteiger partial charge in [-0.1, -0.05) is 0 Å². The molecule has 0 N–H and O–H groups in total. The van der Waals surface area contributed by atoms with Crippen molar-refractivity contribution in [1.29, 1.82) is 0 Å². The number of ether oxygens (including phenoxy) is 2. The van der Waals surface area contributed by atoms with Gasteiger partial charge in [0.05, 0.1) is 17.7 Å². The molecule has 1 aromatic heterocycles. The summed E-state index contributed by atoms with van der Waals surface area (Å²) >= 11 is 3.41. The highest BCUT2D eigenvalue weighted by Crippen LogP contribution is 2.15. The number of likely N-dealkylation sites (N-methyl/N-ethyl adjacent to an activating group) is 1. The third-order valence-electron chi connectivity index (χ3n) is 2.37. The molecule has 1 amide bonds. The van der Waals surface area contributed by atoms with E-state index >= 15 is 0 Å². The van der Waals surface area contributed by atoms with Crippen LogP contribution < -0.4 is 0 Å². The third-order valence-corrected chi connectivity index (χ3v) is 3.03. The SMILES string of the molecule is CN(CCOCc1nn(C)cc1Br)C(=O)OC(C)(C)C. The second kappa shape index (κ2) is 7.08. The Kier molecular flexibility index (Phi) is 6.01. The number of halogens is 1. The molecule has 114 valence electrons. The van der Waals surface area contributed by atoms with Gasteiger partial charge in [-0.05, 0) is 36.7 Å². The zero-order valence-electron chi connectivity index (χ0n) is 12.6. The summed E-state index contributed by atoms with van der Waals surface area (Å²) in [5, 5.41) is 4.25. The minimum atomic E-state index is -0.481. The maximum absolute atomic E-state index is 11.7. The maximum atomic E-state index is 11.7. The predicted molar refractivity (Wildman–Crippen MR) is 79.4 cm³/mol. The molecular formula is C13H22BrN3O3. The van der Waals surface area contributed by atoms with E-state index in [1.165, 1.54) is 4.90 Å². The Morgan fingerprint density at radius 2 is 2.15 bits per heavy atom. The fourth-order valence-electron chi connectivity index (χ4n) is 1.40. The van der Waals surface area contributed by atoms with E-state index in [1.54, 1.807) is 11.7 Å². The fourth-order valence-corrected chi connectivity index (χ4v) is 1.89. The lowest BCUT2D eigenvalue weighted by Crippen LogP contribution is -2.36. The van der Waals surface area contributed by atoms with Crippen LogP contribution in [0.1, 0.15) is 26.5 Å².